The number of carbonyl (C=O) groups is 1. The van der Waals surface area contributed by atoms with Crippen molar-refractivity contribution in [2.24, 2.45) is 0 Å². The first-order chi connectivity index (χ1) is 10.2. The van der Waals surface area contributed by atoms with E-state index in [1.807, 2.05) is 34.6 Å². The molecule has 1 rings (SSSR count). The molecular weight excluding hydrogens is 295 g/mol. The molecule has 130 valence electrons. The van der Waals surface area contributed by atoms with Crippen LogP contribution in [-0.2, 0) is 14.2 Å². The fourth-order valence-electron chi connectivity index (χ4n) is 1.60. The predicted octanol–water partition coefficient (Wildman–Crippen LogP) is 1.33. The van der Waals surface area contributed by atoms with Crippen LogP contribution in [-0.4, -0.2) is 45.1 Å². The third kappa shape index (κ3) is 5.66. The molecule has 0 aliphatic heterocycles. The van der Waals surface area contributed by atoms with Gasteiger partial charge in [0.05, 0.1) is 11.2 Å². The Balaban J connectivity index is 2.70. The molecule has 0 saturated heterocycles. The van der Waals surface area contributed by atoms with Crippen molar-refractivity contribution in [3.63, 3.8) is 0 Å². The molecule has 1 aromatic rings. The van der Waals surface area contributed by atoms with Crippen molar-refractivity contribution in [1.29, 1.82) is 0 Å². The summed E-state index contributed by atoms with van der Waals surface area (Å²) >= 11 is 0. The van der Waals surface area contributed by atoms with Gasteiger partial charge in [-0.2, -0.15) is 5.10 Å². The SMILES string of the molecule is CC(C(=O)OC(C)(C)C)n1cc(BOC(C)(C)C(C)(C)O)cn1. The summed E-state index contributed by atoms with van der Waals surface area (Å²) in [6.45, 7) is 14.3. The molecule has 1 aromatic heterocycles. The molecule has 1 unspecified atom stereocenters. The minimum Gasteiger partial charge on any atom is -0.458 e. The average Bonchev–Trinajstić information content (AvgIpc) is 2.80. The molecule has 0 bridgehead atoms. The quantitative estimate of drug-likeness (QED) is 0.631. The molecule has 0 saturated carbocycles. The lowest BCUT2D eigenvalue weighted by Gasteiger charge is -2.37. The molecular formula is C16H29BN2O4. The zero-order valence-electron chi connectivity index (χ0n) is 15.5. The first-order valence-electron chi connectivity index (χ1n) is 7.85. The van der Waals surface area contributed by atoms with E-state index in [0.717, 1.165) is 5.46 Å². The molecule has 7 heteroatoms. The largest absolute Gasteiger partial charge is 0.458 e. The van der Waals surface area contributed by atoms with Crippen LogP contribution in [0, 0.1) is 0 Å². The zero-order valence-corrected chi connectivity index (χ0v) is 15.5. The summed E-state index contributed by atoms with van der Waals surface area (Å²) in [5, 5.41) is 14.3. The van der Waals surface area contributed by atoms with Crippen molar-refractivity contribution >= 4 is 18.9 Å². The van der Waals surface area contributed by atoms with Gasteiger partial charge in [-0.3, -0.25) is 4.68 Å². The molecule has 0 aromatic carbocycles. The Morgan fingerprint density at radius 2 is 1.83 bits per heavy atom. The fourth-order valence-corrected chi connectivity index (χ4v) is 1.60. The van der Waals surface area contributed by atoms with Crippen molar-refractivity contribution in [2.45, 2.75) is 78.2 Å². The lowest BCUT2D eigenvalue weighted by Crippen LogP contribution is -2.49. The first-order valence-corrected chi connectivity index (χ1v) is 7.85. The zero-order chi connectivity index (χ0) is 18.1. The van der Waals surface area contributed by atoms with Gasteiger partial charge >= 0.3 is 13.5 Å². The molecule has 1 heterocycles. The second kappa shape index (κ2) is 6.65. The number of ether oxygens (including phenoxy) is 1. The topological polar surface area (TPSA) is 73.6 Å². The number of hydrogen-bond acceptors (Lipinski definition) is 5. The third-order valence-corrected chi connectivity index (χ3v) is 3.87. The van der Waals surface area contributed by atoms with Crippen LogP contribution in [0.2, 0.25) is 0 Å². The van der Waals surface area contributed by atoms with Crippen LogP contribution < -0.4 is 5.46 Å². The van der Waals surface area contributed by atoms with Crippen molar-refractivity contribution in [3.05, 3.63) is 12.4 Å². The van der Waals surface area contributed by atoms with Gasteiger partial charge in [0, 0.05) is 12.4 Å². The highest BCUT2D eigenvalue weighted by Gasteiger charge is 2.35. The standard InChI is InChI=1S/C16H29BN2O4/c1-11(13(20)22-14(2,3)4)19-10-12(9-18-19)17-23-16(7,8)15(5,6)21/h9-11,17,21H,1-8H3. The van der Waals surface area contributed by atoms with E-state index in [-0.39, 0.29) is 5.97 Å². The van der Waals surface area contributed by atoms with Crippen molar-refractivity contribution in [2.75, 3.05) is 0 Å². The summed E-state index contributed by atoms with van der Waals surface area (Å²) < 4.78 is 12.7. The van der Waals surface area contributed by atoms with Gasteiger partial charge in [0.1, 0.15) is 11.6 Å². The number of rotatable bonds is 6. The van der Waals surface area contributed by atoms with Crippen LogP contribution in [0.3, 0.4) is 0 Å². The van der Waals surface area contributed by atoms with E-state index in [2.05, 4.69) is 5.10 Å². The van der Waals surface area contributed by atoms with Gasteiger partial charge < -0.3 is 14.5 Å². The van der Waals surface area contributed by atoms with Gasteiger partial charge in [0.15, 0.2) is 0 Å². The Kier molecular flexibility index (Phi) is 5.70. The van der Waals surface area contributed by atoms with Crippen molar-refractivity contribution < 1.29 is 19.3 Å². The van der Waals surface area contributed by atoms with Gasteiger partial charge in [-0.15, -0.1) is 0 Å². The lowest BCUT2D eigenvalue weighted by molar-refractivity contribution is -0.158. The second-order valence-corrected chi connectivity index (χ2v) is 7.90. The van der Waals surface area contributed by atoms with E-state index in [0.29, 0.717) is 7.48 Å². The smallest absolute Gasteiger partial charge is 0.331 e. The molecule has 0 radical (unpaired) electrons. The number of carbonyl (C=O) groups excluding carboxylic acids is 1. The fraction of sp³-hybridized carbons (Fsp3) is 0.750. The molecule has 0 aliphatic carbocycles. The minimum absolute atomic E-state index is 0.304. The van der Waals surface area contributed by atoms with Crippen LogP contribution in [0.25, 0.3) is 0 Å². The van der Waals surface area contributed by atoms with Gasteiger partial charge in [0.2, 0.25) is 0 Å². The van der Waals surface area contributed by atoms with E-state index in [1.165, 1.54) is 0 Å². The maximum Gasteiger partial charge on any atom is 0.331 e. The van der Waals surface area contributed by atoms with E-state index in [9.17, 15) is 9.90 Å². The molecule has 0 amide bonds. The van der Waals surface area contributed by atoms with Gasteiger partial charge in [-0.25, -0.2) is 4.79 Å². The predicted molar refractivity (Wildman–Crippen MR) is 91.0 cm³/mol. The molecule has 1 atom stereocenters. The molecule has 0 fully saturated rings. The summed E-state index contributed by atoms with van der Waals surface area (Å²) in [6, 6.07) is -0.509. The van der Waals surface area contributed by atoms with Gasteiger partial charge in [0.25, 0.3) is 0 Å². The maximum atomic E-state index is 12.1. The van der Waals surface area contributed by atoms with Crippen LogP contribution >= 0.6 is 0 Å². The first kappa shape index (κ1) is 19.7. The second-order valence-electron chi connectivity index (χ2n) is 7.90. The van der Waals surface area contributed by atoms with E-state index >= 15 is 0 Å². The lowest BCUT2D eigenvalue weighted by atomic mass is 9.84. The van der Waals surface area contributed by atoms with Crippen LogP contribution in [0.15, 0.2) is 12.4 Å². The van der Waals surface area contributed by atoms with E-state index < -0.39 is 22.8 Å². The van der Waals surface area contributed by atoms with Crippen LogP contribution in [0.1, 0.15) is 61.4 Å². The highest BCUT2D eigenvalue weighted by molar-refractivity contribution is 6.46. The maximum absolute atomic E-state index is 12.1. The molecule has 6 nitrogen and oxygen atoms in total. The molecule has 0 spiro atoms. The molecule has 1 N–H and O–H groups in total. The molecule has 23 heavy (non-hydrogen) atoms. The van der Waals surface area contributed by atoms with E-state index in [4.69, 9.17) is 9.39 Å². The Hall–Kier alpha value is -1.34. The Morgan fingerprint density at radius 3 is 2.30 bits per heavy atom. The Labute approximate surface area is 139 Å². The third-order valence-electron chi connectivity index (χ3n) is 3.87. The number of aliphatic hydroxyl groups is 1. The Bertz CT molecular complexity index is 541. The number of nitrogens with zero attached hydrogens (tertiary/aromatic N) is 2. The minimum atomic E-state index is -0.965. The van der Waals surface area contributed by atoms with Crippen molar-refractivity contribution in [3.8, 4) is 0 Å². The van der Waals surface area contributed by atoms with E-state index in [1.54, 1.807) is 37.8 Å². The highest BCUT2D eigenvalue weighted by atomic mass is 16.6. The average molecular weight is 324 g/mol. The summed E-state index contributed by atoms with van der Waals surface area (Å²) in [5.74, 6) is -0.329. The summed E-state index contributed by atoms with van der Waals surface area (Å²) in [6.07, 6.45) is 3.41. The molecule has 0 aliphatic rings. The van der Waals surface area contributed by atoms with Gasteiger partial charge in [-0.05, 0) is 60.9 Å². The highest BCUT2D eigenvalue weighted by Crippen LogP contribution is 2.24. The number of esters is 1. The summed E-state index contributed by atoms with van der Waals surface area (Å²) in [4.78, 5) is 12.1. The number of hydrogen-bond donors (Lipinski definition) is 1. The van der Waals surface area contributed by atoms with Gasteiger partial charge in [-0.1, -0.05) is 0 Å². The normalized spacial score (nSPS) is 14.5. The Morgan fingerprint density at radius 1 is 1.26 bits per heavy atom. The number of aromatic nitrogens is 2. The van der Waals surface area contributed by atoms with Crippen molar-refractivity contribution in [1.82, 2.24) is 9.78 Å². The summed E-state index contributed by atoms with van der Waals surface area (Å²) in [5.41, 5.74) is -1.36. The van der Waals surface area contributed by atoms with Crippen LogP contribution in [0.5, 0.6) is 0 Å². The monoisotopic (exact) mass is 324 g/mol. The van der Waals surface area contributed by atoms with Crippen LogP contribution in [0.4, 0.5) is 0 Å². The summed E-state index contributed by atoms with van der Waals surface area (Å²) in [7, 11) is 0.304.